The number of amides is 4. The molecule has 5 aromatic rings. The molecule has 4 N–H and O–H groups in total. The van der Waals surface area contributed by atoms with Gasteiger partial charge in [0.25, 0.3) is 23.6 Å². The topological polar surface area (TPSA) is 379 Å². The van der Waals surface area contributed by atoms with Crippen LogP contribution in [0.4, 0.5) is 0 Å². The second kappa shape index (κ2) is 50.1. The number of benzene rings is 5. The number of nitrogens with one attached hydrogen (secondary N) is 4. The highest BCUT2D eigenvalue weighted by Gasteiger charge is 2.30. The van der Waals surface area contributed by atoms with Crippen molar-refractivity contribution in [2.45, 2.75) is 179 Å². The van der Waals surface area contributed by atoms with E-state index in [9.17, 15) is 67.1 Å². The molecule has 0 heterocycles. The van der Waals surface area contributed by atoms with Gasteiger partial charge in [0.05, 0.1) is 7.11 Å². The van der Waals surface area contributed by atoms with E-state index in [1.165, 1.54) is 7.11 Å². The minimum Gasteiger partial charge on any atom is -0.469 e. The average Bonchev–Trinajstić information content (AvgIpc) is 1.20. The zero-order chi connectivity index (χ0) is 75.7. The quantitative estimate of drug-likeness (QED) is 0.0167. The number of hydrogen-bond acceptors (Lipinski definition) is 24. The van der Waals surface area contributed by atoms with Gasteiger partial charge in [-0.2, -0.15) is 0 Å². The van der Waals surface area contributed by atoms with Crippen molar-refractivity contribution in [3.63, 3.8) is 0 Å². The van der Waals surface area contributed by atoms with Crippen LogP contribution in [-0.2, 0) is 148 Å². The molecule has 0 bridgehead atoms. The first-order valence-electron chi connectivity index (χ1n) is 34.8. The van der Waals surface area contributed by atoms with Gasteiger partial charge in [-0.25, -0.2) is 0 Å². The van der Waals surface area contributed by atoms with E-state index in [2.05, 4.69) is 26.0 Å². The van der Waals surface area contributed by atoms with Crippen molar-refractivity contribution in [1.82, 2.24) is 21.3 Å². The van der Waals surface area contributed by atoms with Crippen LogP contribution in [0.25, 0.3) is 0 Å². The summed E-state index contributed by atoms with van der Waals surface area (Å²) in [6.45, 7) is -0.475. The zero-order valence-electron chi connectivity index (χ0n) is 58.8. The van der Waals surface area contributed by atoms with Crippen LogP contribution in [0.5, 0.6) is 0 Å². The van der Waals surface area contributed by atoms with Gasteiger partial charge < -0.3 is 68.6 Å². The molecule has 0 aromatic heterocycles. The van der Waals surface area contributed by atoms with E-state index in [0.29, 0.717) is 16.7 Å². The van der Waals surface area contributed by atoms with E-state index in [1.54, 1.807) is 140 Å². The Balaban J connectivity index is 1.22. The standard InChI is InChI=1S/C77H92N4O24/c1-96-64(82)34-18-46-78-74(92)60(38-42-67(85)99-52-57-26-11-4-12-27-57)102-70(88)32-17-33-71(89)103-63(41-45-73(91)105-62(40-44-69(87)101-54-59-30-15-6-16-31-59)76(94)80-48-20-36-66(84)98-51-56-24-9-3-10-25-56)77(95)81-49-21-37-72(90)104-61(39-43-68(86)100-53-58-28-13-5-14-29-58)75(93)79-47-19-35-65(83)97-50-55-22-7-2-8-23-55/h2-16,22-31,60-63H,17-21,32-54H2,1H3,(H,78,92)(H,79,93)(H,80,94)(H,81,95). The van der Waals surface area contributed by atoms with Gasteiger partial charge >= 0.3 is 59.7 Å². The second-order valence-electron chi connectivity index (χ2n) is 23.8. The molecule has 5 aromatic carbocycles. The summed E-state index contributed by atoms with van der Waals surface area (Å²) in [6.07, 6.45) is -11.1. The molecule has 0 spiro atoms. The number of rotatable bonds is 50. The third kappa shape index (κ3) is 38.0. The smallest absolute Gasteiger partial charge is 0.306 e. The summed E-state index contributed by atoms with van der Waals surface area (Å²) in [5, 5.41) is 10.3. The summed E-state index contributed by atoms with van der Waals surface area (Å²) < 4.78 is 53.5. The van der Waals surface area contributed by atoms with Gasteiger partial charge in [0.1, 0.15) is 33.0 Å². The highest BCUT2D eigenvalue weighted by atomic mass is 16.6. The largest absolute Gasteiger partial charge is 0.469 e. The highest BCUT2D eigenvalue weighted by molar-refractivity contribution is 5.88. The molecule has 28 heteroatoms. The molecular weight excluding hydrogens is 1360 g/mol. The average molecular weight is 1460 g/mol. The number of hydrogen-bond donors (Lipinski definition) is 4. The van der Waals surface area contributed by atoms with Gasteiger partial charge in [-0.15, -0.1) is 0 Å². The minimum absolute atomic E-state index is 0.0116. The molecule has 564 valence electrons. The Morgan fingerprint density at radius 3 is 0.676 bits per heavy atom. The van der Waals surface area contributed by atoms with Crippen LogP contribution in [0.3, 0.4) is 0 Å². The number of esters is 10. The SMILES string of the molecule is COC(=O)CCCNC(=O)C(CCC(=O)OCc1ccccc1)OC(=O)CCCC(=O)OC(CCC(=O)OC(CCC(=O)OCc1ccccc1)C(=O)NCCCC(=O)OCc1ccccc1)C(=O)NCCCC(=O)OC(CCC(=O)OCc1ccccc1)C(=O)NCCCC(=O)OCc1ccccc1. The van der Waals surface area contributed by atoms with Crippen LogP contribution in [-0.4, -0.2) is 141 Å². The second-order valence-corrected chi connectivity index (χ2v) is 23.8. The lowest BCUT2D eigenvalue weighted by atomic mass is 10.1. The van der Waals surface area contributed by atoms with Crippen molar-refractivity contribution in [2.75, 3.05) is 33.3 Å². The van der Waals surface area contributed by atoms with Crippen LogP contribution >= 0.6 is 0 Å². The summed E-state index contributed by atoms with van der Waals surface area (Å²) in [6, 6.07) is 44.4. The van der Waals surface area contributed by atoms with Crippen LogP contribution < -0.4 is 21.3 Å². The summed E-state index contributed by atoms with van der Waals surface area (Å²) in [5.41, 5.74) is 3.66. The molecular formula is C77H92N4O24. The lowest BCUT2D eigenvalue weighted by molar-refractivity contribution is -0.162. The summed E-state index contributed by atoms with van der Waals surface area (Å²) in [5.74, 6) is -11.0. The van der Waals surface area contributed by atoms with Gasteiger partial charge in [0.15, 0.2) is 24.4 Å². The van der Waals surface area contributed by atoms with Crippen molar-refractivity contribution < 1.29 is 114 Å². The molecule has 0 aliphatic rings. The predicted molar refractivity (Wildman–Crippen MR) is 372 cm³/mol. The Morgan fingerprint density at radius 2 is 0.438 bits per heavy atom. The van der Waals surface area contributed by atoms with Crippen molar-refractivity contribution in [3.05, 3.63) is 179 Å². The summed E-state index contributed by atoms with van der Waals surface area (Å²) in [7, 11) is 1.21. The first-order valence-corrected chi connectivity index (χ1v) is 34.8. The fourth-order valence-corrected chi connectivity index (χ4v) is 9.60. The van der Waals surface area contributed by atoms with E-state index < -0.39 is 146 Å². The minimum atomic E-state index is -1.76. The van der Waals surface area contributed by atoms with Crippen molar-refractivity contribution >= 4 is 83.3 Å². The third-order valence-corrected chi connectivity index (χ3v) is 15.3. The van der Waals surface area contributed by atoms with Crippen LogP contribution in [0.15, 0.2) is 152 Å². The number of methoxy groups -OCH3 is 1. The molecule has 0 radical (unpaired) electrons. The van der Waals surface area contributed by atoms with Crippen molar-refractivity contribution in [1.29, 1.82) is 0 Å². The number of carbonyl (C=O) groups is 14. The van der Waals surface area contributed by atoms with Gasteiger partial charge in [-0.05, 0) is 59.9 Å². The van der Waals surface area contributed by atoms with Gasteiger partial charge in [0.2, 0.25) is 0 Å². The van der Waals surface area contributed by atoms with Gasteiger partial charge in [-0.1, -0.05) is 152 Å². The van der Waals surface area contributed by atoms with Gasteiger partial charge in [0, 0.05) is 116 Å². The maximum Gasteiger partial charge on any atom is 0.306 e. The molecule has 4 amide bonds. The molecule has 0 saturated carbocycles. The highest BCUT2D eigenvalue weighted by Crippen LogP contribution is 2.17. The molecule has 5 rings (SSSR count). The van der Waals surface area contributed by atoms with E-state index >= 15 is 0 Å². The summed E-state index contributed by atoms with van der Waals surface area (Å²) >= 11 is 0. The first-order chi connectivity index (χ1) is 50.8. The Kier molecular flexibility index (Phi) is 40.2. The molecule has 0 fully saturated rings. The zero-order valence-corrected chi connectivity index (χ0v) is 58.8. The molecule has 0 aliphatic heterocycles. The van der Waals surface area contributed by atoms with Crippen LogP contribution in [0.1, 0.15) is 150 Å². The molecule has 28 nitrogen and oxygen atoms in total. The first kappa shape index (κ1) is 84.3. The van der Waals surface area contributed by atoms with Gasteiger partial charge in [-0.3, -0.25) is 67.1 Å². The number of carbonyl (C=O) groups excluding carboxylic acids is 14. The molecule has 4 unspecified atom stereocenters. The van der Waals surface area contributed by atoms with E-state index in [-0.39, 0.29) is 143 Å². The normalized spacial score (nSPS) is 11.8. The van der Waals surface area contributed by atoms with Crippen molar-refractivity contribution in [2.24, 2.45) is 0 Å². The van der Waals surface area contributed by atoms with E-state index in [1.807, 2.05) is 12.1 Å². The lowest BCUT2D eigenvalue weighted by Crippen LogP contribution is -2.40. The fourth-order valence-electron chi connectivity index (χ4n) is 9.60. The maximum atomic E-state index is 14.0. The Labute approximate surface area is 608 Å². The molecule has 0 saturated heterocycles. The van der Waals surface area contributed by atoms with Crippen LogP contribution in [0.2, 0.25) is 0 Å². The third-order valence-electron chi connectivity index (χ3n) is 15.3. The van der Waals surface area contributed by atoms with E-state index in [4.69, 9.17) is 42.6 Å². The fraction of sp³-hybridized carbons (Fsp3) is 0.429. The predicted octanol–water partition coefficient (Wildman–Crippen LogP) is 7.40. The Morgan fingerprint density at radius 1 is 0.248 bits per heavy atom. The van der Waals surface area contributed by atoms with Crippen LogP contribution in [0, 0.1) is 0 Å². The molecule has 105 heavy (non-hydrogen) atoms. The monoisotopic (exact) mass is 1460 g/mol. The summed E-state index contributed by atoms with van der Waals surface area (Å²) in [4.78, 5) is 183. The van der Waals surface area contributed by atoms with Crippen molar-refractivity contribution in [3.8, 4) is 0 Å². The lowest BCUT2D eigenvalue weighted by Gasteiger charge is -2.20. The maximum absolute atomic E-state index is 14.0. The molecule has 0 aliphatic carbocycles. The Bertz CT molecular complexity index is 3550. The molecule has 4 atom stereocenters. The Hall–Kier alpha value is -11.3. The van der Waals surface area contributed by atoms with E-state index in [0.717, 1.165) is 11.1 Å². The number of ether oxygens (including phenoxy) is 10.